The summed E-state index contributed by atoms with van der Waals surface area (Å²) in [6.07, 6.45) is 0. The van der Waals surface area contributed by atoms with Gasteiger partial charge in [-0.3, -0.25) is 10.1 Å². The van der Waals surface area contributed by atoms with Gasteiger partial charge in [-0.15, -0.1) is 11.6 Å². The van der Waals surface area contributed by atoms with Crippen molar-refractivity contribution < 1.29 is 4.92 Å². The van der Waals surface area contributed by atoms with E-state index in [0.29, 0.717) is 5.56 Å². The van der Waals surface area contributed by atoms with E-state index in [9.17, 15) is 10.1 Å². The molecule has 58 valence electrons. The number of rotatable bonds is 1. The summed E-state index contributed by atoms with van der Waals surface area (Å²) in [5.74, 6) is 0. The molecule has 3 nitrogen and oxygen atoms in total. The van der Waals surface area contributed by atoms with Crippen LogP contribution in [0.4, 0.5) is 5.69 Å². The number of hydrogen-bond donors (Lipinski definition) is 0. The first-order valence-corrected chi connectivity index (χ1v) is 3.18. The first-order valence-electron chi connectivity index (χ1n) is 3.18. The molecule has 0 spiro atoms. The summed E-state index contributed by atoms with van der Waals surface area (Å²) >= 11 is 0. The lowest BCUT2D eigenvalue weighted by molar-refractivity contribution is -0.385. The Balaban J connectivity index is 3.23. The van der Waals surface area contributed by atoms with Crippen LogP contribution in [-0.4, -0.2) is 4.92 Å². The fourth-order valence-corrected chi connectivity index (χ4v) is 0.844. The van der Waals surface area contributed by atoms with Gasteiger partial charge in [0.2, 0.25) is 0 Å². The van der Waals surface area contributed by atoms with Crippen molar-refractivity contribution in [2.45, 2.75) is 6.92 Å². The highest BCUT2D eigenvalue weighted by Gasteiger charge is 1.99. The average Bonchev–Trinajstić information content (AvgIpc) is 1.94. The van der Waals surface area contributed by atoms with Crippen molar-refractivity contribution in [1.82, 2.24) is 0 Å². The number of hydrogen-bond acceptors (Lipinski definition) is 2. The maximum atomic E-state index is 10.3. The second-order valence-electron chi connectivity index (χ2n) is 2.39. The first-order chi connectivity index (χ1) is 5.11. The van der Waals surface area contributed by atoms with E-state index in [0.717, 1.165) is 5.56 Å². The topological polar surface area (TPSA) is 43.1 Å². The number of nitro benzene ring substituents is 1. The summed E-state index contributed by atoms with van der Waals surface area (Å²) in [6, 6.07) is 4.96. The standard InChI is InChI=1S/C8H8NO2/c1-6-3-4-7(2)8(5-6)9(10)11/h3-5H,2H2,1H3/q-1. The van der Waals surface area contributed by atoms with Gasteiger partial charge in [-0.25, -0.2) is 0 Å². The van der Waals surface area contributed by atoms with Gasteiger partial charge >= 0.3 is 0 Å². The van der Waals surface area contributed by atoms with Gasteiger partial charge in [0.25, 0.3) is 0 Å². The summed E-state index contributed by atoms with van der Waals surface area (Å²) in [4.78, 5) is 9.92. The molecular weight excluding hydrogens is 142 g/mol. The van der Waals surface area contributed by atoms with Crippen molar-refractivity contribution in [1.29, 1.82) is 0 Å². The molecule has 0 unspecified atom stereocenters. The van der Waals surface area contributed by atoms with Crippen molar-refractivity contribution in [2.75, 3.05) is 0 Å². The predicted octanol–water partition coefficient (Wildman–Crippen LogP) is 2.09. The molecule has 11 heavy (non-hydrogen) atoms. The fraction of sp³-hybridized carbons (Fsp3) is 0.125. The smallest absolute Gasteiger partial charge is 0.170 e. The second-order valence-corrected chi connectivity index (χ2v) is 2.39. The van der Waals surface area contributed by atoms with E-state index >= 15 is 0 Å². The molecule has 0 aliphatic rings. The third-order valence-electron chi connectivity index (χ3n) is 1.44. The predicted molar refractivity (Wildman–Crippen MR) is 42.3 cm³/mol. The lowest BCUT2D eigenvalue weighted by atomic mass is 10.1. The zero-order valence-electron chi connectivity index (χ0n) is 6.20. The molecule has 0 amide bonds. The van der Waals surface area contributed by atoms with E-state index in [-0.39, 0.29) is 5.69 Å². The minimum absolute atomic E-state index is 0.0880. The van der Waals surface area contributed by atoms with Crippen LogP contribution in [0, 0.1) is 24.0 Å². The number of nitro groups is 1. The number of nitrogens with zero attached hydrogens (tertiary/aromatic N) is 1. The van der Waals surface area contributed by atoms with E-state index in [1.165, 1.54) is 6.07 Å². The molecule has 0 saturated heterocycles. The number of benzene rings is 1. The van der Waals surface area contributed by atoms with E-state index in [1.54, 1.807) is 12.1 Å². The molecule has 3 heteroatoms. The zero-order chi connectivity index (χ0) is 8.43. The monoisotopic (exact) mass is 150 g/mol. The van der Waals surface area contributed by atoms with E-state index in [1.807, 2.05) is 6.92 Å². The van der Waals surface area contributed by atoms with Gasteiger partial charge in [-0.05, 0) is 13.0 Å². The largest absolute Gasteiger partial charge is 0.270 e. The van der Waals surface area contributed by atoms with Crippen molar-refractivity contribution in [3.05, 3.63) is 46.4 Å². The van der Waals surface area contributed by atoms with Gasteiger partial charge in [-0.1, -0.05) is 5.56 Å². The van der Waals surface area contributed by atoms with Crippen LogP contribution in [0.15, 0.2) is 18.2 Å². The van der Waals surface area contributed by atoms with Gasteiger partial charge in [-0.2, -0.15) is 13.0 Å². The van der Waals surface area contributed by atoms with Crippen LogP contribution in [0.5, 0.6) is 0 Å². The highest BCUT2D eigenvalue weighted by molar-refractivity contribution is 5.44. The van der Waals surface area contributed by atoms with Crippen molar-refractivity contribution in [3.8, 4) is 0 Å². The zero-order valence-corrected chi connectivity index (χ0v) is 6.20. The molecule has 0 bridgehead atoms. The fourth-order valence-electron chi connectivity index (χ4n) is 0.844. The molecule has 0 N–H and O–H groups in total. The number of aryl methyl sites for hydroxylation is 1. The van der Waals surface area contributed by atoms with Gasteiger partial charge < -0.3 is 0 Å². The minimum atomic E-state index is -0.421. The van der Waals surface area contributed by atoms with Crippen LogP contribution in [0.25, 0.3) is 0 Å². The second kappa shape index (κ2) is 2.62. The van der Waals surface area contributed by atoms with Crippen LogP contribution in [0.1, 0.15) is 11.1 Å². The summed E-state index contributed by atoms with van der Waals surface area (Å²) in [5.41, 5.74) is 1.43. The molecular formula is C8H8NO2-. The highest BCUT2D eigenvalue weighted by Crippen LogP contribution is 2.18. The molecule has 0 heterocycles. The Hall–Kier alpha value is -1.51. The third-order valence-corrected chi connectivity index (χ3v) is 1.44. The van der Waals surface area contributed by atoms with Crippen molar-refractivity contribution in [3.63, 3.8) is 0 Å². The maximum Gasteiger partial charge on any atom is 0.170 e. The average molecular weight is 150 g/mol. The molecule has 0 aliphatic carbocycles. The van der Waals surface area contributed by atoms with Crippen LogP contribution >= 0.6 is 0 Å². The van der Waals surface area contributed by atoms with Crippen LogP contribution < -0.4 is 0 Å². The van der Waals surface area contributed by atoms with Crippen molar-refractivity contribution in [2.24, 2.45) is 0 Å². The molecule has 0 aliphatic heterocycles. The summed E-state index contributed by atoms with van der Waals surface area (Å²) in [5, 5.41) is 10.3. The lowest BCUT2D eigenvalue weighted by Gasteiger charge is -2.04. The normalized spacial score (nSPS) is 9.55. The molecule has 1 aromatic rings. The van der Waals surface area contributed by atoms with Crippen molar-refractivity contribution >= 4 is 5.69 Å². The molecule has 0 atom stereocenters. The van der Waals surface area contributed by atoms with Crippen LogP contribution in [0.2, 0.25) is 0 Å². The Morgan fingerprint density at radius 2 is 2.18 bits per heavy atom. The maximum absolute atomic E-state index is 10.3. The quantitative estimate of drug-likeness (QED) is 0.349. The van der Waals surface area contributed by atoms with E-state index in [2.05, 4.69) is 6.92 Å². The third kappa shape index (κ3) is 1.49. The summed E-state index contributed by atoms with van der Waals surface area (Å²) < 4.78 is 0. The molecule has 0 fully saturated rings. The molecule has 0 aromatic heterocycles. The summed E-state index contributed by atoms with van der Waals surface area (Å²) in [6.45, 7) is 5.35. The van der Waals surface area contributed by atoms with Gasteiger partial charge in [0.1, 0.15) is 0 Å². The Bertz CT molecular complexity index is 294. The lowest BCUT2D eigenvalue weighted by Crippen LogP contribution is -1.91. The molecule has 0 radical (unpaired) electrons. The Kier molecular flexibility index (Phi) is 1.81. The van der Waals surface area contributed by atoms with Crippen LogP contribution in [-0.2, 0) is 0 Å². The van der Waals surface area contributed by atoms with E-state index in [4.69, 9.17) is 0 Å². The first kappa shape index (κ1) is 7.60. The van der Waals surface area contributed by atoms with Gasteiger partial charge in [0.05, 0.1) is 0 Å². The molecule has 0 saturated carbocycles. The SMILES string of the molecule is [CH2-]c1ccc(C)cc1[N+](=O)[O-]. The molecule has 1 aromatic carbocycles. The molecule has 1 rings (SSSR count). The Morgan fingerprint density at radius 1 is 1.55 bits per heavy atom. The minimum Gasteiger partial charge on any atom is -0.270 e. The highest BCUT2D eigenvalue weighted by atomic mass is 16.6. The van der Waals surface area contributed by atoms with Gasteiger partial charge in [0, 0.05) is 4.92 Å². The van der Waals surface area contributed by atoms with Gasteiger partial charge in [0.15, 0.2) is 5.69 Å². The Labute approximate surface area is 64.8 Å². The summed E-state index contributed by atoms with van der Waals surface area (Å²) in [7, 11) is 0. The van der Waals surface area contributed by atoms with E-state index < -0.39 is 4.92 Å². The Morgan fingerprint density at radius 3 is 2.64 bits per heavy atom. The van der Waals surface area contributed by atoms with Crippen LogP contribution in [0.3, 0.4) is 0 Å².